The van der Waals surface area contributed by atoms with Gasteiger partial charge < -0.3 is 36.1 Å². The first-order chi connectivity index (χ1) is 18.3. The lowest BCUT2D eigenvalue weighted by Crippen LogP contribution is -2.37. The van der Waals surface area contributed by atoms with Crippen LogP contribution in [0.3, 0.4) is 0 Å². The van der Waals surface area contributed by atoms with E-state index in [0.29, 0.717) is 12.0 Å². The summed E-state index contributed by atoms with van der Waals surface area (Å²) in [5.41, 5.74) is 11.9. The van der Waals surface area contributed by atoms with Gasteiger partial charge in [0.15, 0.2) is 6.10 Å². The quantitative estimate of drug-likeness (QED) is 0.303. The summed E-state index contributed by atoms with van der Waals surface area (Å²) in [6.45, 7) is 6.89. The van der Waals surface area contributed by atoms with Gasteiger partial charge in [0, 0.05) is 37.4 Å². The minimum Gasteiger partial charge on any atom is -0.439 e. The highest BCUT2D eigenvalue weighted by Gasteiger charge is 2.32. The van der Waals surface area contributed by atoms with E-state index in [0.717, 1.165) is 6.08 Å². The highest BCUT2D eigenvalue weighted by atomic mass is 16.6. The summed E-state index contributed by atoms with van der Waals surface area (Å²) in [4.78, 5) is 50.1. The number of amides is 2. The van der Waals surface area contributed by atoms with Gasteiger partial charge in [-0.2, -0.15) is 0 Å². The standard InChI is InChI=1S/C28H39N3O8/c1-14-10-18-23(29)20(32)13-19(25(18)34)31-27(35)15(2)8-7-9-21(37-5)26(39-28(30)36)17(4)12-16(3)24(33)22(11-14)38-6/h7-9,12-14,16,21-22,24,26,33H,10-11,29H2,1-6H3,(H2,30,36)(H,31,35)/b9-7-,15-8-,17-12-/t14-,16+,21+,22+,24-,26+/m1/s1. The van der Waals surface area contributed by atoms with E-state index in [9.17, 15) is 24.3 Å². The van der Waals surface area contributed by atoms with Gasteiger partial charge in [-0.05, 0) is 38.2 Å². The number of hydrogen-bond donors (Lipinski definition) is 4. The fourth-order valence-corrected chi connectivity index (χ4v) is 4.61. The van der Waals surface area contributed by atoms with E-state index >= 15 is 0 Å². The molecule has 2 rings (SSSR count). The van der Waals surface area contributed by atoms with Gasteiger partial charge in [-0.25, -0.2) is 4.79 Å². The van der Waals surface area contributed by atoms with E-state index in [1.165, 1.54) is 33.3 Å². The second kappa shape index (κ2) is 14.0. The number of carbonyl (C=O) groups excluding carboxylic acids is 4. The van der Waals surface area contributed by atoms with Crippen LogP contribution in [0.2, 0.25) is 0 Å². The molecule has 0 saturated heterocycles. The first-order valence-electron chi connectivity index (χ1n) is 12.6. The van der Waals surface area contributed by atoms with Crippen LogP contribution in [0.25, 0.3) is 0 Å². The number of rotatable bonds is 3. The zero-order valence-corrected chi connectivity index (χ0v) is 23.2. The van der Waals surface area contributed by atoms with Crippen molar-refractivity contribution in [2.24, 2.45) is 23.3 Å². The molecule has 6 atom stereocenters. The first-order valence-corrected chi connectivity index (χ1v) is 12.6. The number of fused-ring (bicyclic) bond motifs is 2. The highest BCUT2D eigenvalue weighted by molar-refractivity contribution is 6.23. The lowest BCUT2D eigenvalue weighted by atomic mass is 9.85. The number of aliphatic hydroxyl groups is 1. The fraction of sp³-hybridized carbons (Fsp3) is 0.500. The number of primary amides is 1. The van der Waals surface area contributed by atoms with E-state index in [1.807, 2.05) is 6.92 Å². The average molecular weight is 546 g/mol. The van der Waals surface area contributed by atoms with Gasteiger partial charge in [0.05, 0.1) is 23.6 Å². The third-order valence-corrected chi connectivity index (χ3v) is 6.84. The Morgan fingerprint density at radius 3 is 2.38 bits per heavy atom. The Morgan fingerprint density at radius 1 is 1.13 bits per heavy atom. The Morgan fingerprint density at radius 2 is 1.79 bits per heavy atom. The van der Waals surface area contributed by atoms with E-state index in [4.69, 9.17) is 25.7 Å². The Hall–Kier alpha value is -3.54. The molecular weight excluding hydrogens is 506 g/mol. The van der Waals surface area contributed by atoms with Gasteiger partial charge >= 0.3 is 6.09 Å². The van der Waals surface area contributed by atoms with Crippen LogP contribution in [0.4, 0.5) is 4.79 Å². The maximum atomic E-state index is 13.2. The molecule has 0 fully saturated rings. The Bertz CT molecular complexity index is 1130. The molecule has 0 aromatic carbocycles. The second-order valence-electron chi connectivity index (χ2n) is 9.97. The number of hydrogen-bond acceptors (Lipinski definition) is 9. The van der Waals surface area contributed by atoms with Crippen LogP contribution >= 0.6 is 0 Å². The summed E-state index contributed by atoms with van der Waals surface area (Å²) in [6.07, 6.45) is 3.55. The van der Waals surface area contributed by atoms with Crippen LogP contribution in [0.5, 0.6) is 0 Å². The van der Waals surface area contributed by atoms with Crippen LogP contribution in [0.15, 0.2) is 58.5 Å². The molecule has 2 amide bonds. The minimum atomic E-state index is -1.00. The maximum Gasteiger partial charge on any atom is 0.405 e. The smallest absolute Gasteiger partial charge is 0.405 e. The number of nitrogens with two attached hydrogens (primary N) is 2. The summed E-state index contributed by atoms with van der Waals surface area (Å²) in [7, 11) is 2.90. The normalized spacial score (nSPS) is 33.3. The number of ether oxygens (including phenoxy) is 3. The minimum absolute atomic E-state index is 0.104. The number of Topliss-reactive ketones (excluding diaryl/α,β-unsaturated/α-hetero) is 1. The molecule has 214 valence electrons. The molecule has 1 heterocycles. The molecule has 6 N–H and O–H groups in total. The SMILES string of the molecule is CO[C@H]1/C=C\C=C(\C)C(=O)NC2=CC(=O)C(N)=C(C[C@@H](C)C[C@H](OC)[C@H](O)[C@@H](C)/C=C(/C)[C@@H]1OC(N)=O)C2=O. The molecule has 2 bridgehead atoms. The Labute approximate surface area is 228 Å². The summed E-state index contributed by atoms with van der Waals surface area (Å²) in [5, 5.41) is 13.6. The Balaban J connectivity index is 2.58. The third-order valence-electron chi connectivity index (χ3n) is 6.84. The zero-order valence-electron chi connectivity index (χ0n) is 23.2. The van der Waals surface area contributed by atoms with Crippen molar-refractivity contribution in [3.05, 3.63) is 58.5 Å². The number of methoxy groups -OCH3 is 2. The molecule has 39 heavy (non-hydrogen) atoms. The average Bonchev–Trinajstić information content (AvgIpc) is 2.88. The highest BCUT2D eigenvalue weighted by Crippen LogP contribution is 2.28. The molecule has 0 unspecified atom stereocenters. The lowest BCUT2D eigenvalue weighted by Gasteiger charge is -2.29. The maximum absolute atomic E-state index is 13.2. The third kappa shape index (κ3) is 8.22. The summed E-state index contributed by atoms with van der Waals surface area (Å²) in [5.74, 6) is -2.37. The largest absolute Gasteiger partial charge is 0.439 e. The monoisotopic (exact) mass is 545 g/mol. The van der Waals surface area contributed by atoms with Gasteiger partial charge in [-0.3, -0.25) is 14.4 Å². The number of nitrogens with one attached hydrogen (secondary N) is 1. The van der Waals surface area contributed by atoms with Gasteiger partial charge in [0.2, 0.25) is 11.6 Å². The molecule has 11 nitrogen and oxygen atoms in total. The zero-order chi connectivity index (χ0) is 29.4. The molecule has 0 aromatic rings. The van der Waals surface area contributed by atoms with Crippen molar-refractivity contribution >= 4 is 23.6 Å². The molecule has 1 aliphatic carbocycles. The van der Waals surface area contributed by atoms with Crippen molar-refractivity contribution in [1.82, 2.24) is 5.32 Å². The summed E-state index contributed by atoms with van der Waals surface area (Å²) in [6, 6.07) is 0. The predicted octanol–water partition coefficient (Wildman–Crippen LogP) is 1.72. The fourth-order valence-electron chi connectivity index (χ4n) is 4.61. The van der Waals surface area contributed by atoms with Crippen molar-refractivity contribution in [2.45, 2.75) is 65.0 Å². The lowest BCUT2D eigenvalue weighted by molar-refractivity contribution is -0.120. The van der Waals surface area contributed by atoms with E-state index < -0.39 is 53.9 Å². The van der Waals surface area contributed by atoms with Crippen LogP contribution < -0.4 is 16.8 Å². The molecule has 2 aliphatic rings. The van der Waals surface area contributed by atoms with Crippen LogP contribution in [0.1, 0.15) is 40.5 Å². The van der Waals surface area contributed by atoms with Crippen LogP contribution in [0, 0.1) is 11.8 Å². The van der Waals surface area contributed by atoms with Gasteiger partial charge in [-0.15, -0.1) is 0 Å². The van der Waals surface area contributed by atoms with E-state index in [2.05, 4.69) is 5.32 Å². The second-order valence-corrected chi connectivity index (χ2v) is 9.97. The van der Waals surface area contributed by atoms with E-state index in [-0.39, 0.29) is 34.9 Å². The number of allylic oxidation sites excluding steroid dienone is 4. The van der Waals surface area contributed by atoms with Gasteiger partial charge in [0.1, 0.15) is 6.10 Å². The molecule has 1 aliphatic heterocycles. The first kappa shape index (κ1) is 31.7. The summed E-state index contributed by atoms with van der Waals surface area (Å²) < 4.78 is 16.4. The number of aliphatic hydroxyl groups excluding tert-OH is 1. The number of ketones is 2. The van der Waals surface area contributed by atoms with Crippen molar-refractivity contribution in [3.63, 3.8) is 0 Å². The van der Waals surface area contributed by atoms with Crippen molar-refractivity contribution in [1.29, 1.82) is 0 Å². The summed E-state index contributed by atoms with van der Waals surface area (Å²) >= 11 is 0. The van der Waals surface area contributed by atoms with Crippen molar-refractivity contribution in [2.75, 3.05) is 14.2 Å². The molecule has 0 saturated carbocycles. The molecule has 0 radical (unpaired) electrons. The molecule has 0 spiro atoms. The predicted molar refractivity (Wildman–Crippen MR) is 144 cm³/mol. The molecular formula is C28H39N3O8. The molecule has 11 heteroatoms. The van der Waals surface area contributed by atoms with Crippen molar-refractivity contribution in [3.8, 4) is 0 Å². The van der Waals surface area contributed by atoms with E-state index in [1.54, 1.807) is 26.0 Å². The topological polar surface area (TPSA) is 180 Å². The Kier molecular flexibility index (Phi) is 11.4. The van der Waals surface area contributed by atoms with Gasteiger partial charge in [0.25, 0.3) is 5.91 Å². The number of carbonyl (C=O) groups is 4. The van der Waals surface area contributed by atoms with Crippen LogP contribution in [-0.2, 0) is 28.6 Å². The molecule has 0 aromatic heterocycles. The van der Waals surface area contributed by atoms with Crippen molar-refractivity contribution < 1.29 is 38.5 Å². The van der Waals surface area contributed by atoms with Crippen LogP contribution in [-0.4, -0.2) is 67.3 Å². The van der Waals surface area contributed by atoms with Gasteiger partial charge in [-0.1, -0.05) is 38.2 Å².